The van der Waals surface area contributed by atoms with Crippen LogP contribution >= 0.6 is 0 Å². The summed E-state index contributed by atoms with van der Waals surface area (Å²) in [5.41, 5.74) is 1.20. The highest BCUT2D eigenvalue weighted by molar-refractivity contribution is 6.15. The van der Waals surface area contributed by atoms with Crippen LogP contribution in [0.2, 0.25) is 0 Å². The van der Waals surface area contributed by atoms with Gasteiger partial charge in [0.05, 0.1) is 19.8 Å². The number of carbonyl (C=O) groups excluding carboxylic acids is 2. The summed E-state index contributed by atoms with van der Waals surface area (Å²) in [5.74, 6) is 1.28. The Labute approximate surface area is 181 Å². The van der Waals surface area contributed by atoms with Gasteiger partial charge in [-0.2, -0.15) is 0 Å². The van der Waals surface area contributed by atoms with Crippen LogP contribution in [0.3, 0.4) is 0 Å². The number of benzene rings is 2. The van der Waals surface area contributed by atoms with E-state index in [4.69, 9.17) is 23.7 Å². The summed E-state index contributed by atoms with van der Waals surface area (Å²) >= 11 is 0. The molecule has 7 heteroatoms. The summed E-state index contributed by atoms with van der Waals surface area (Å²) < 4.78 is 27.3. The monoisotopic (exact) mass is 426 g/mol. The van der Waals surface area contributed by atoms with Crippen LogP contribution in [-0.4, -0.2) is 38.2 Å². The highest BCUT2D eigenvalue weighted by atomic mass is 16.6. The predicted octanol–water partition coefficient (Wildman–Crippen LogP) is 4.35. The van der Waals surface area contributed by atoms with Crippen LogP contribution in [0.5, 0.6) is 23.0 Å². The molecule has 0 atom stereocenters. The van der Waals surface area contributed by atoms with Gasteiger partial charge in [-0.05, 0) is 51.5 Å². The number of ketones is 1. The van der Waals surface area contributed by atoms with Gasteiger partial charge in [0.25, 0.3) is 0 Å². The summed E-state index contributed by atoms with van der Waals surface area (Å²) in [5, 5.41) is 0. The Bertz CT molecular complexity index is 1040. The van der Waals surface area contributed by atoms with Gasteiger partial charge in [-0.3, -0.25) is 4.79 Å². The third kappa shape index (κ3) is 4.99. The Morgan fingerprint density at radius 1 is 1.13 bits per heavy atom. The first kappa shape index (κ1) is 22.2. The molecule has 0 amide bonds. The molecule has 0 saturated carbocycles. The third-order valence-corrected chi connectivity index (χ3v) is 4.44. The van der Waals surface area contributed by atoms with Crippen LogP contribution in [0.25, 0.3) is 6.08 Å². The second-order valence-electron chi connectivity index (χ2n) is 8.01. The molecule has 7 nitrogen and oxygen atoms in total. The first-order valence-electron chi connectivity index (χ1n) is 9.77. The van der Waals surface area contributed by atoms with Crippen molar-refractivity contribution < 1.29 is 33.3 Å². The van der Waals surface area contributed by atoms with Gasteiger partial charge in [0.15, 0.2) is 23.9 Å². The Balaban J connectivity index is 1.84. The quantitative estimate of drug-likeness (QED) is 0.502. The molecule has 0 saturated heterocycles. The Hall–Kier alpha value is -3.48. The predicted molar refractivity (Wildman–Crippen MR) is 115 cm³/mol. The molecule has 0 radical (unpaired) electrons. The van der Waals surface area contributed by atoms with E-state index < -0.39 is 11.6 Å². The van der Waals surface area contributed by atoms with Gasteiger partial charge in [0.2, 0.25) is 5.78 Å². The minimum atomic E-state index is -0.593. The lowest BCUT2D eigenvalue weighted by atomic mass is 10.0. The Morgan fingerprint density at radius 3 is 2.52 bits per heavy atom. The number of carbonyl (C=O) groups is 2. The van der Waals surface area contributed by atoms with E-state index in [1.54, 1.807) is 71.2 Å². The number of Topliss-reactive ketones (excluding diaryl/α,β-unsaturated/α-hetero) is 1. The largest absolute Gasteiger partial charge is 0.493 e. The third-order valence-electron chi connectivity index (χ3n) is 4.44. The second-order valence-corrected chi connectivity index (χ2v) is 8.01. The number of ether oxygens (including phenoxy) is 5. The molecule has 0 aromatic heterocycles. The van der Waals surface area contributed by atoms with Crippen LogP contribution in [0.15, 0.2) is 36.1 Å². The molecule has 2 aromatic carbocycles. The van der Waals surface area contributed by atoms with Crippen molar-refractivity contribution in [3.8, 4) is 23.0 Å². The van der Waals surface area contributed by atoms with E-state index in [0.717, 1.165) is 0 Å². The molecule has 31 heavy (non-hydrogen) atoms. The van der Waals surface area contributed by atoms with Crippen LogP contribution in [0, 0.1) is 6.92 Å². The molecule has 164 valence electrons. The minimum absolute atomic E-state index is 0.161. The molecule has 2 aromatic rings. The molecule has 0 unspecified atom stereocenters. The summed E-state index contributed by atoms with van der Waals surface area (Å²) in [4.78, 5) is 24.8. The van der Waals surface area contributed by atoms with Crippen molar-refractivity contribution >= 4 is 17.8 Å². The van der Waals surface area contributed by atoms with Crippen molar-refractivity contribution in [3.63, 3.8) is 0 Å². The maximum atomic E-state index is 12.9. The van der Waals surface area contributed by atoms with E-state index in [1.165, 1.54) is 7.11 Å². The fraction of sp³-hybridized carbons (Fsp3) is 0.333. The summed E-state index contributed by atoms with van der Waals surface area (Å²) in [7, 11) is 3.08. The smallest absolute Gasteiger partial charge is 0.344 e. The first-order chi connectivity index (χ1) is 14.6. The molecule has 0 bridgehead atoms. The number of allylic oxidation sites excluding steroid dienone is 1. The highest BCUT2D eigenvalue weighted by Crippen LogP contribution is 2.39. The molecule has 1 aliphatic heterocycles. The van der Waals surface area contributed by atoms with E-state index in [9.17, 15) is 9.59 Å². The first-order valence-corrected chi connectivity index (χ1v) is 9.77. The van der Waals surface area contributed by atoms with Gasteiger partial charge < -0.3 is 23.7 Å². The van der Waals surface area contributed by atoms with Crippen molar-refractivity contribution in [2.24, 2.45) is 0 Å². The molecule has 0 fully saturated rings. The van der Waals surface area contributed by atoms with E-state index in [1.807, 2.05) is 0 Å². The number of rotatable bonds is 6. The maximum Gasteiger partial charge on any atom is 0.344 e. The topological polar surface area (TPSA) is 80.3 Å². The zero-order valence-electron chi connectivity index (χ0n) is 18.5. The molecule has 0 N–H and O–H groups in total. The molecule has 0 aliphatic carbocycles. The van der Waals surface area contributed by atoms with E-state index >= 15 is 0 Å². The van der Waals surface area contributed by atoms with Gasteiger partial charge in [-0.15, -0.1) is 0 Å². The van der Waals surface area contributed by atoms with Crippen LogP contribution in [0.1, 0.15) is 42.3 Å². The lowest BCUT2D eigenvalue weighted by molar-refractivity contribution is -0.157. The zero-order chi connectivity index (χ0) is 22.8. The SMILES string of the molecule is COc1cccc(/C=C2\Oc3cc(OCC(=O)OC(C)(C)C)cc(C)c3C2=O)c1OC. The molecule has 3 rings (SSSR count). The lowest BCUT2D eigenvalue weighted by Crippen LogP contribution is -2.27. The van der Waals surface area contributed by atoms with E-state index in [-0.39, 0.29) is 18.1 Å². The molecule has 1 aliphatic rings. The average molecular weight is 426 g/mol. The normalized spacial score (nSPS) is 14.1. The fourth-order valence-electron chi connectivity index (χ4n) is 3.24. The number of hydrogen-bond donors (Lipinski definition) is 0. The lowest BCUT2D eigenvalue weighted by Gasteiger charge is -2.19. The van der Waals surface area contributed by atoms with Gasteiger partial charge in [0, 0.05) is 11.6 Å². The van der Waals surface area contributed by atoms with Gasteiger partial charge >= 0.3 is 5.97 Å². The van der Waals surface area contributed by atoms with Crippen molar-refractivity contribution in [1.82, 2.24) is 0 Å². The second kappa shape index (κ2) is 8.71. The number of hydrogen-bond acceptors (Lipinski definition) is 7. The van der Waals surface area contributed by atoms with Crippen LogP contribution in [0.4, 0.5) is 0 Å². The van der Waals surface area contributed by atoms with E-state index in [2.05, 4.69) is 0 Å². The van der Waals surface area contributed by atoms with Gasteiger partial charge in [0.1, 0.15) is 17.1 Å². The number of fused-ring (bicyclic) bond motifs is 1. The number of aryl methyl sites for hydroxylation is 1. The average Bonchev–Trinajstić information content (AvgIpc) is 3.00. The number of esters is 1. The fourth-order valence-corrected chi connectivity index (χ4v) is 3.24. The van der Waals surface area contributed by atoms with Crippen molar-refractivity contribution in [3.05, 3.63) is 52.8 Å². The molecule has 1 heterocycles. The maximum absolute atomic E-state index is 12.9. The van der Waals surface area contributed by atoms with Crippen LogP contribution < -0.4 is 18.9 Å². The van der Waals surface area contributed by atoms with Crippen molar-refractivity contribution in [2.45, 2.75) is 33.3 Å². The van der Waals surface area contributed by atoms with E-state index in [0.29, 0.717) is 39.7 Å². The highest BCUT2D eigenvalue weighted by Gasteiger charge is 2.30. The Kier molecular flexibility index (Phi) is 6.24. The molecule has 0 spiro atoms. The van der Waals surface area contributed by atoms with Gasteiger partial charge in [-0.1, -0.05) is 12.1 Å². The molecular weight excluding hydrogens is 400 g/mol. The Morgan fingerprint density at radius 2 is 1.87 bits per heavy atom. The van der Waals surface area contributed by atoms with Crippen LogP contribution in [-0.2, 0) is 9.53 Å². The van der Waals surface area contributed by atoms with Crippen molar-refractivity contribution in [2.75, 3.05) is 20.8 Å². The number of methoxy groups -OCH3 is 2. The summed E-state index contributed by atoms with van der Waals surface area (Å²) in [6.45, 7) is 6.90. The standard InChI is InChI=1S/C24H26O7/c1-14-10-16(29-13-20(25)31-24(2,3)4)12-18-21(14)22(26)19(30-18)11-15-8-7-9-17(27-5)23(15)28-6/h7-12H,13H2,1-6H3/b19-11-. The van der Waals surface area contributed by atoms with Gasteiger partial charge in [-0.25, -0.2) is 4.79 Å². The summed E-state index contributed by atoms with van der Waals surface area (Å²) in [6.07, 6.45) is 1.62. The molecular formula is C24H26O7. The number of para-hydroxylation sites is 1. The van der Waals surface area contributed by atoms with Crippen molar-refractivity contribution in [1.29, 1.82) is 0 Å². The zero-order valence-corrected chi connectivity index (χ0v) is 18.5. The minimum Gasteiger partial charge on any atom is -0.493 e. The summed E-state index contributed by atoms with van der Waals surface area (Å²) in [6, 6.07) is 8.66.